The summed E-state index contributed by atoms with van der Waals surface area (Å²) in [5.74, 6) is -6.93. The number of benzene rings is 4. The summed E-state index contributed by atoms with van der Waals surface area (Å²) < 4.78 is 10.4. The van der Waals surface area contributed by atoms with E-state index in [1.54, 1.807) is 24.3 Å². The standard InChI is InChI=1S/C37H35N3O12/c1-51-37(50)39-27(19-22-13-15-25(16-14-22)40(33(43)36(48)49)28-12-6-5-11-26(28)34(44)45)32(42)38-17-7-8-18-52-30-21-24(23-9-3-2-4-10-23)20-29(41)31(30)35(46)47/h2-6,9-16,20-21,27,41H,7-8,17-19H2,1H3,(H,38,42)(H,39,50)(H,44,45)(H,46,47)(H,48,49)/t27-/m0/s1. The number of aromatic carboxylic acids is 2. The van der Waals surface area contributed by atoms with E-state index < -0.39 is 47.6 Å². The zero-order valence-electron chi connectivity index (χ0n) is 27.8. The molecule has 0 spiro atoms. The van der Waals surface area contributed by atoms with Crippen molar-refractivity contribution in [1.29, 1.82) is 0 Å². The number of carboxylic acid groups (broad SMARTS) is 3. The van der Waals surface area contributed by atoms with Crippen molar-refractivity contribution in [3.63, 3.8) is 0 Å². The molecular formula is C37H35N3O12. The van der Waals surface area contributed by atoms with Crippen LogP contribution in [-0.2, 0) is 25.5 Å². The van der Waals surface area contributed by atoms with E-state index in [2.05, 4.69) is 15.4 Å². The topological polar surface area (TPSA) is 229 Å². The molecule has 4 rings (SSSR count). The van der Waals surface area contributed by atoms with Crippen molar-refractivity contribution in [3.05, 3.63) is 108 Å². The minimum absolute atomic E-state index is 0.00899. The number of nitrogens with zero attached hydrogens (tertiary/aromatic N) is 1. The molecule has 0 aromatic heterocycles. The third-order valence-electron chi connectivity index (χ3n) is 7.72. The molecule has 0 saturated carbocycles. The van der Waals surface area contributed by atoms with Crippen LogP contribution in [0.5, 0.6) is 11.5 Å². The highest BCUT2D eigenvalue weighted by Crippen LogP contribution is 2.35. The fraction of sp³-hybridized carbons (Fsp3) is 0.189. The summed E-state index contributed by atoms with van der Waals surface area (Å²) in [7, 11) is 1.13. The van der Waals surface area contributed by atoms with Gasteiger partial charge in [0.2, 0.25) is 5.91 Å². The molecule has 0 radical (unpaired) electrons. The zero-order valence-corrected chi connectivity index (χ0v) is 27.8. The van der Waals surface area contributed by atoms with Crippen molar-refractivity contribution in [3.8, 4) is 22.6 Å². The number of amides is 3. The molecule has 0 aliphatic heterocycles. The summed E-state index contributed by atoms with van der Waals surface area (Å²) in [5, 5.41) is 44.2. The number of hydrogen-bond acceptors (Lipinski definition) is 9. The highest BCUT2D eigenvalue weighted by atomic mass is 16.5. The lowest BCUT2D eigenvalue weighted by molar-refractivity contribution is -0.148. The minimum Gasteiger partial charge on any atom is -0.507 e. The zero-order chi connectivity index (χ0) is 37.8. The lowest BCUT2D eigenvalue weighted by Crippen LogP contribution is -2.48. The maximum absolute atomic E-state index is 13.1. The van der Waals surface area contributed by atoms with Crippen LogP contribution < -0.4 is 20.3 Å². The SMILES string of the molecule is COC(=O)N[C@@H](Cc1ccc(N(C(=O)C(=O)O)c2ccccc2C(=O)O)cc1)C(=O)NCCCCOc1cc(-c2ccccc2)cc(O)c1C(=O)O. The maximum Gasteiger partial charge on any atom is 0.407 e. The third-order valence-corrected chi connectivity index (χ3v) is 7.72. The molecule has 0 aliphatic carbocycles. The van der Waals surface area contributed by atoms with Crippen LogP contribution in [0.4, 0.5) is 16.2 Å². The highest BCUT2D eigenvalue weighted by Gasteiger charge is 2.28. The summed E-state index contributed by atoms with van der Waals surface area (Å²) in [4.78, 5) is 73.8. The van der Waals surface area contributed by atoms with Crippen molar-refractivity contribution in [2.45, 2.75) is 25.3 Å². The van der Waals surface area contributed by atoms with E-state index in [1.807, 2.05) is 6.07 Å². The normalized spacial score (nSPS) is 11.1. The number of ether oxygens (including phenoxy) is 2. The Morgan fingerprint density at radius 2 is 1.46 bits per heavy atom. The number of carbonyl (C=O) groups is 6. The van der Waals surface area contributed by atoms with Gasteiger partial charge in [-0.25, -0.2) is 19.2 Å². The summed E-state index contributed by atoms with van der Waals surface area (Å²) in [6.07, 6.45) is -0.113. The smallest absolute Gasteiger partial charge is 0.407 e. The van der Waals surface area contributed by atoms with Crippen molar-refractivity contribution < 1.29 is 58.7 Å². The number of anilines is 2. The summed E-state index contributed by atoms with van der Waals surface area (Å²) >= 11 is 0. The van der Waals surface area contributed by atoms with Crippen molar-refractivity contribution in [2.75, 3.05) is 25.2 Å². The summed E-state index contributed by atoms with van der Waals surface area (Å²) in [5.41, 5.74) is 1.04. The Morgan fingerprint density at radius 1 is 0.788 bits per heavy atom. The van der Waals surface area contributed by atoms with Gasteiger partial charge in [0.25, 0.3) is 0 Å². The van der Waals surface area contributed by atoms with E-state index in [1.165, 1.54) is 60.7 Å². The van der Waals surface area contributed by atoms with Gasteiger partial charge in [0.1, 0.15) is 23.1 Å². The van der Waals surface area contributed by atoms with Crippen LogP contribution in [0.15, 0.2) is 91.0 Å². The quantitative estimate of drug-likeness (QED) is 0.0742. The van der Waals surface area contributed by atoms with Crippen LogP contribution in [-0.4, -0.2) is 82.5 Å². The molecule has 1 atom stereocenters. The van der Waals surface area contributed by atoms with E-state index >= 15 is 0 Å². The summed E-state index contributed by atoms with van der Waals surface area (Å²) in [6.45, 7) is 0.235. The Morgan fingerprint density at radius 3 is 2.10 bits per heavy atom. The van der Waals surface area contributed by atoms with Crippen LogP contribution in [0.1, 0.15) is 39.1 Å². The maximum atomic E-state index is 13.1. The largest absolute Gasteiger partial charge is 0.507 e. The molecule has 4 aromatic rings. The number of nitrogens with one attached hydrogen (secondary N) is 2. The van der Waals surface area contributed by atoms with Gasteiger partial charge in [-0.1, -0.05) is 54.6 Å². The molecule has 6 N–H and O–H groups in total. The second kappa shape index (κ2) is 17.7. The number of alkyl carbamates (subject to hydrolysis) is 1. The van der Waals surface area contributed by atoms with E-state index in [0.29, 0.717) is 24.0 Å². The van der Waals surface area contributed by atoms with Crippen molar-refractivity contribution in [2.24, 2.45) is 0 Å². The molecular weight excluding hydrogens is 678 g/mol. The number of aromatic hydroxyl groups is 1. The third kappa shape index (κ3) is 9.62. The van der Waals surface area contributed by atoms with Gasteiger partial charge in [0.15, 0.2) is 0 Å². The number of phenols is 1. The first kappa shape index (κ1) is 37.9. The molecule has 0 fully saturated rings. The van der Waals surface area contributed by atoms with E-state index in [0.717, 1.165) is 17.6 Å². The minimum atomic E-state index is -1.81. The van der Waals surface area contributed by atoms with Crippen LogP contribution in [0.2, 0.25) is 0 Å². The first-order valence-corrected chi connectivity index (χ1v) is 15.8. The summed E-state index contributed by atoms with van der Waals surface area (Å²) in [6, 6.07) is 22.0. The molecule has 0 aliphatic rings. The molecule has 0 heterocycles. The Balaban J connectivity index is 1.39. The number of carbonyl (C=O) groups excluding carboxylic acids is 3. The van der Waals surface area contributed by atoms with Gasteiger partial charge >= 0.3 is 29.9 Å². The fourth-order valence-corrected chi connectivity index (χ4v) is 5.21. The highest BCUT2D eigenvalue weighted by molar-refractivity contribution is 6.39. The van der Waals surface area contributed by atoms with E-state index in [-0.39, 0.29) is 47.8 Å². The monoisotopic (exact) mass is 713 g/mol. The molecule has 3 amide bonds. The van der Waals surface area contributed by atoms with Gasteiger partial charge in [0, 0.05) is 18.7 Å². The van der Waals surface area contributed by atoms with Gasteiger partial charge in [-0.3, -0.25) is 14.5 Å². The second-order valence-electron chi connectivity index (χ2n) is 11.2. The Hall–Kier alpha value is -6.90. The molecule has 52 heavy (non-hydrogen) atoms. The van der Waals surface area contributed by atoms with Gasteiger partial charge in [0.05, 0.1) is 25.0 Å². The van der Waals surface area contributed by atoms with Crippen LogP contribution in [0.3, 0.4) is 0 Å². The number of para-hydroxylation sites is 1. The lowest BCUT2D eigenvalue weighted by Gasteiger charge is -2.23. The average Bonchev–Trinajstić information content (AvgIpc) is 3.13. The molecule has 0 unspecified atom stereocenters. The molecule has 0 saturated heterocycles. The number of hydrogen-bond donors (Lipinski definition) is 6. The molecule has 270 valence electrons. The number of carboxylic acids is 3. The number of unbranched alkanes of at least 4 members (excludes halogenated alkanes) is 1. The van der Waals surface area contributed by atoms with Crippen LogP contribution >= 0.6 is 0 Å². The first-order valence-electron chi connectivity index (χ1n) is 15.8. The second-order valence-corrected chi connectivity index (χ2v) is 11.2. The number of methoxy groups -OCH3 is 1. The Bertz CT molecular complexity index is 1950. The predicted octanol–water partition coefficient (Wildman–Crippen LogP) is 4.45. The van der Waals surface area contributed by atoms with E-state index in [4.69, 9.17) is 4.74 Å². The van der Waals surface area contributed by atoms with Crippen LogP contribution in [0, 0.1) is 0 Å². The average molecular weight is 714 g/mol. The van der Waals surface area contributed by atoms with Gasteiger partial charge < -0.3 is 40.5 Å². The van der Waals surface area contributed by atoms with Crippen LogP contribution in [0.25, 0.3) is 11.1 Å². The van der Waals surface area contributed by atoms with Crippen molar-refractivity contribution >= 4 is 47.2 Å². The molecule has 4 aromatic carbocycles. The molecule has 0 bridgehead atoms. The van der Waals surface area contributed by atoms with Gasteiger partial charge in [-0.15, -0.1) is 0 Å². The Labute approximate surface area is 297 Å². The van der Waals surface area contributed by atoms with Gasteiger partial charge in [-0.05, 0) is 65.9 Å². The fourth-order valence-electron chi connectivity index (χ4n) is 5.21. The number of aliphatic carboxylic acids is 1. The first-order chi connectivity index (χ1) is 24.9. The molecule has 15 nitrogen and oxygen atoms in total. The number of rotatable bonds is 15. The lowest BCUT2D eigenvalue weighted by atomic mass is 10.0. The van der Waals surface area contributed by atoms with E-state index in [9.17, 15) is 49.2 Å². The Kier molecular flexibility index (Phi) is 12.9. The predicted molar refractivity (Wildman–Crippen MR) is 186 cm³/mol. The van der Waals surface area contributed by atoms with Crippen molar-refractivity contribution in [1.82, 2.24) is 10.6 Å². The van der Waals surface area contributed by atoms with Gasteiger partial charge in [-0.2, -0.15) is 0 Å². The molecule has 15 heteroatoms.